The third-order valence-corrected chi connectivity index (χ3v) is 4.65. The number of aliphatic hydroxyl groups is 1. The molecule has 8 nitrogen and oxygen atoms in total. The van der Waals surface area contributed by atoms with Crippen molar-refractivity contribution in [3.05, 3.63) is 36.3 Å². The second-order valence-electron chi connectivity index (χ2n) is 6.80. The van der Waals surface area contributed by atoms with Crippen LogP contribution in [0.4, 0.5) is 0 Å². The molecule has 2 amide bonds. The predicted molar refractivity (Wildman–Crippen MR) is 104 cm³/mol. The molecule has 0 saturated heterocycles. The fourth-order valence-corrected chi connectivity index (χ4v) is 3.35. The van der Waals surface area contributed by atoms with Gasteiger partial charge in [0.25, 0.3) is 5.91 Å². The first-order valence-corrected chi connectivity index (χ1v) is 9.28. The zero-order chi connectivity index (χ0) is 19.8. The number of carbonyl (C=O) groups is 2. The molecule has 1 saturated carbocycles. The van der Waals surface area contributed by atoms with E-state index in [1.807, 2.05) is 0 Å². The molecule has 0 atom stereocenters. The van der Waals surface area contributed by atoms with E-state index < -0.39 is 0 Å². The number of hydrogen-bond donors (Lipinski definition) is 4. The summed E-state index contributed by atoms with van der Waals surface area (Å²) in [5.74, 6) is 0.699. The molecule has 0 aromatic rings. The summed E-state index contributed by atoms with van der Waals surface area (Å²) in [6.07, 6.45) is 8.53. The first-order valence-electron chi connectivity index (χ1n) is 9.28. The van der Waals surface area contributed by atoms with E-state index in [2.05, 4.69) is 22.2 Å². The third kappa shape index (κ3) is 5.96. The summed E-state index contributed by atoms with van der Waals surface area (Å²) in [6, 6.07) is 0.444. The number of amidine groups is 1. The van der Waals surface area contributed by atoms with E-state index in [0.717, 1.165) is 25.7 Å². The average Bonchev–Trinajstić information content (AvgIpc) is 2.63. The molecule has 2 rings (SSSR count). The van der Waals surface area contributed by atoms with Crippen molar-refractivity contribution >= 4 is 17.6 Å². The van der Waals surface area contributed by atoms with Gasteiger partial charge in [-0.05, 0) is 38.2 Å². The van der Waals surface area contributed by atoms with Crippen LogP contribution in [-0.4, -0.2) is 52.9 Å². The number of amides is 2. The minimum atomic E-state index is -0.198. The minimum absolute atomic E-state index is 0.00121. The normalized spacial score (nSPS) is 25.7. The van der Waals surface area contributed by atoms with Crippen molar-refractivity contribution < 1.29 is 14.7 Å². The molecule has 1 heterocycles. The van der Waals surface area contributed by atoms with Gasteiger partial charge in [0.15, 0.2) is 0 Å². The van der Waals surface area contributed by atoms with Gasteiger partial charge in [-0.2, -0.15) is 0 Å². The number of nitrogens with two attached hydrogens (primary N) is 1. The average molecular weight is 375 g/mol. The molecular weight excluding hydrogens is 346 g/mol. The van der Waals surface area contributed by atoms with Gasteiger partial charge in [-0.1, -0.05) is 6.58 Å². The maximum absolute atomic E-state index is 12.2. The van der Waals surface area contributed by atoms with E-state index >= 15 is 0 Å². The lowest BCUT2D eigenvalue weighted by molar-refractivity contribution is -0.122. The number of nitrogens with one attached hydrogen (secondary N) is 2. The summed E-state index contributed by atoms with van der Waals surface area (Å²) in [7, 11) is 0. The van der Waals surface area contributed by atoms with Gasteiger partial charge in [0.2, 0.25) is 5.91 Å². The van der Waals surface area contributed by atoms with Crippen molar-refractivity contribution in [3.8, 4) is 0 Å². The van der Waals surface area contributed by atoms with E-state index in [-0.39, 0.29) is 30.5 Å². The Morgan fingerprint density at radius 3 is 2.52 bits per heavy atom. The fourth-order valence-electron chi connectivity index (χ4n) is 3.35. The molecule has 0 bridgehead atoms. The largest absolute Gasteiger partial charge is 0.404 e. The molecule has 0 unspecified atom stereocenters. The van der Waals surface area contributed by atoms with Crippen LogP contribution in [0.2, 0.25) is 0 Å². The fraction of sp³-hybridized carbons (Fsp3) is 0.526. The molecule has 1 aliphatic heterocycles. The molecule has 8 heteroatoms. The molecule has 1 aliphatic carbocycles. The van der Waals surface area contributed by atoms with Gasteiger partial charge in [-0.15, -0.1) is 0 Å². The zero-order valence-corrected chi connectivity index (χ0v) is 15.8. The monoisotopic (exact) mass is 375 g/mol. The highest BCUT2D eigenvalue weighted by atomic mass is 16.3. The van der Waals surface area contributed by atoms with Gasteiger partial charge in [0.1, 0.15) is 11.7 Å². The van der Waals surface area contributed by atoms with E-state index in [1.165, 1.54) is 24.1 Å². The SMILES string of the molecule is C=C(/N=C1\C(=C/N)C=CC(=O)N1CCCO)N[C@H]1CC[C@H](NC(C)=O)CC1. The number of carbonyl (C=O) groups excluding carboxylic acids is 2. The molecule has 5 N–H and O–H groups in total. The predicted octanol–water partition coefficient (Wildman–Crippen LogP) is 0.516. The Balaban J connectivity index is 2.01. The second-order valence-corrected chi connectivity index (χ2v) is 6.80. The topological polar surface area (TPSA) is 120 Å². The van der Waals surface area contributed by atoms with Gasteiger partial charge >= 0.3 is 0 Å². The standard InChI is InChI=1S/C19H29N5O3/c1-13(21-16-5-7-17(8-6-16)23-14(2)26)22-19-15(12-20)4-9-18(27)24(19)10-3-11-25/h4,9,12,16-17,21,25H,1,3,5-8,10-11,20H2,2H3,(H,23,26)/b15-12-,22-19+/t16-,17-. The highest BCUT2D eigenvalue weighted by Crippen LogP contribution is 2.20. The Morgan fingerprint density at radius 2 is 1.96 bits per heavy atom. The Bertz CT molecular complexity index is 660. The number of aliphatic hydroxyl groups excluding tert-OH is 1. The van der Waals surface area contributed by atoms with Crippen LogP contribution in [0.3, 0.4) is 0 Å². The van der Waals surface area contributed by atoms with Crippen molar-refractivity contribution in [2.75, 3.05) is 13.2 Å². The molecule has 0 spiro atoms. The van der Waals surface area contributed by atoms with Crippen molar-refractivity contribution in [2.45, 2.75) is 51.1 Å². The minimum Gasteiger partial charge on any atom is -0.404 e. The van der Waals surface area contributed by atoms with Gasteiger partial charge in [-0.25, -0.2) is 4.99 Å². The Morgan fingerprint density at radius 1 is 1.33 bits per heavy atom. The van der Waals surface area contributed by atoms with E-state index in [1.54, 1.807) is 6.08 Å². The number of nitrogens with zero attached hydrogens (tertiary/aromatic N) is 2. The molecule has 27 heavy (non-hydrogen) atoms. The van der Waals surface area contributed by atoms with Gasteiger partial charge in [0.05, 0.1) is 0 Å². The molecule has 0 aromatic heterocycles. The first kappa shape index (κ1) is 20.7. The van der Waals surface area contributed by atoms with E-state index in [9.17, 15) is 9.59 Å². The van der Waals surface area contributed by atoms with Crippen LogP contribution in [0.1, 0.15) is 39.0 Å². The van der Waals surface area contributed by atoms with Crippen molar-refractivity contribution in [2.24, 2.45) is 10.7 Å². The highest BCUT2D eigenvalue weighted by Gasteiger charge is 2.25. The smallest absolute Gasteiger partial charge is 0.252 e. The number of aliphatic imine (C=N–C) groups is 1. The van der Waals surface area contributed by atoms with Crippen LogP contribution in [0.25, 0.3) is 0 Å². The summed E-state index contributed by atoms with van der Waals surface area (Å²) < 4.78 is 0. The maximum atomic E-state index is 12.2. The molecule has 2 aliphatic rings. The lowest BCUT2D eigenvalue weighted by Crippen LogP contribution is -2.42. The van der Waals surface area contributed by atoms with Crippen LogP contribution >= 0.6 is 0 Å². The van der Waals surface area contributed by atoms with Crippen LogP contribution in [0, 0.1) is 0 Å². The molecule has 1 fully saturated rings. The van der Waals surface area contributed by atoms with E-state index in [0.29, 0.717) is 30.2 Å². The summed E-state index contributed by atoms with van der Waals surface area (Å²) in [5.41, 5.74) is 6.31. The Kier molecular flexibility index (Phi) is 7.60. The van der Waals surface area contributed by atoms with Crippen molar-refractivity contribution in [3.63, 3.8) is 0 Å². The Labute approximate surface area is 159 Å². The van der Waals surface area contributed by atoms with Crippen molar-refractivity contribution in [1.82, 2.24) is 15.5 Å². The van der Waals surface area contributed by atoms with Crippen LogP contribution in [0.15, 0.2) is 41.3 Å². The molecule has 0 aromatic carbocycles. The summed E-state index contributed by atoms with van der Waals surface area (Å²) in [4.78, 5) is 29.3. The van der Waals surface area contributed by atoms with Gasteiger partial charge < -0.3 is 21.5 Å². The maximum Gasteiger partial charge on any atom is 0.252 e. The van der Waals surface area contributed by atoms with Crippen LogP contribution < -0.4 is 16.4 Å². The quantitative estimate of drug-likeness (QED) is 0.517. The second kappa shape index (κ2) is 9.91. The van der Waals surface area contributed by atoms with E-state index in [4.69, 9.17) is 10.8 Å². The number of hydrogen-bond acceptors (Lipinski definition) is 6. The molecular formula is C19H29N5O3. The first-order chi connectivity index (χ1) is 12.9. The summed E-state index contributed by atoms with van der Waals surface area (Å²) in [6.45, 7) is 5.84. The van der Waals surface area contributed by atoms with Crippen molar-refractivity contribution in [1.29, 1.82) is 0 Å². The lowest BCUT2D eigenvalue weighted by atomic mass is 9.91. The highest BCUT2D eigenvalue weighted by molar-refractivity contribution is 6.15. The molecule has 0 radical (unpaired) electrons. The summed E-state index contributed by atoms with van der Waals surface area (Å²) >= 11 is 0. The lowest BCUT2D eigenvalue weighted by Gasteiger charge is -2.31. The van der Waals surface area contributed by atoms with Gasteiger partial charge in [-0.3, -0.25) is 14.5 Å². The van der Waals surface area contributed by atoms with Crippen LogP contribution in [0.5, 0.6) is 0 Å². The van der Waals surface area contributed by atoms with Crippen LogP contribution in [-0.2, 0) is 9.59 Å². The Hall–Kier alpha value is -2.61. The summed E-state index contributed by atoms with van der Waals surface area (Å²) in [5, 5.41) is 15.3. The third-order valence-electron chi connectivity index (χ3n) is 4.65. The van der Waals surface area contributed by atoms with Gasteiger partial charge in [0, 0.05) is 50.0 Å². The zero-order valence-electron chi connectivity index (χ0n) is 15.8. The molecule has 148 valence electrons. The number of rotatable bonds is 7.